The molecule has 0 saturated carbocycles. The van der Waals surface area contributed by atoms with Crippen molar-refractivity contribution < 1.29 is 14.3 Å². The molecule has 1 unspecified atom stereocenters. The molecule has 0 aromatic rings. The molecule has 0 aromatic heterocycles. The summed E-state index contributed by atoms with van der Waals surface area (Å²) in [6, 6.07) is 0. The molecule has 0 aromatic carbocycles. The highest BCUT2D eigenvalue weighted by Gasteiger charge is 2.43. The molecule has 2 atom stereocenters. The third-order valence-corrected chi connectivity index (χ3v) is 5.26. The molecule has 0 N–H and O–H groups in total. The quantitative estimate of drug-likeness (QED) is 0.566. The average molecular weight is 280 g/mol. The van der Waals surface area contributed by atoms with Gasteiger partial charge < -0.3 is 4.74 Å². The van der Waals surface area contributed by atoms with Crippen LogP contribution in [0.1, 0.15) is 61.3 Å². The van der Waals surface area contributed by atoms with E-state index in [1.807, 2.05) is 13.8 Å². The van der Waals surface area contributed by atoms with Crippen LogP contribution in [-0.4, -0.2) is 17.9 Å². The minimum Gasteiger partial charge on any atom is -0.462 e. The van der Waals surface area contributed by atoms with Gasteiger partial charge in [-0.3, -0.25) is 9.59 Å². The van der Waals surface area contributed by atoms with E-state index in [2.05, 4.69) is 26.8 Å². The zero-order valence-corrected chi connectivity index (χ0v) is 13.9. The van der Waals surface area contributed by atoms with E-state index >= 15 is 0 Å². The minimum absolute atomic E-state index is 0.0595. The van der Waals surface area contributed by atoms with Crippen LogP contribution in [0.25, 0.3) is 0 Å². The van der Waals surface area contributed by atoms with Gasteiger partial charge in [0.25, 0.3) is 0 Å². The highest BCUT2D eigenvalue weighted by atomic mass is 16.5. The van der Waals surface area contributed by atoms with Gasteiger partial charge >= 0.3 is 5.97 Å². The summed E-state index contributed by atoms with van der Waals surface area (Å²) in [5.41, 5.74) is 0.841. The molecule has 0 heterocycles. The fourth-order valence-corrected chi connectivity index (χ4v) is 2.77. The summed E-state index contributed by atoms with van der Waals surface area (Å²) in [5.74, 6) is 0.152. The number of esters is 1. The Labute approximate surface area is 122 Å². The number of ether oxygens (including phenoxy) is 1. The predicted molar refractivity (Wildman–Crippen MR) is 80.3 cm³/mol. The van der Waals surface area contributed by atoms with Crippen LogP contribution in [-0.2, 0) is 14.3 Å². The molecule has 1 aliphatic rings. The van der Waals surface area contributed by atoms with Crippen LogP contribution in [0.3, 0.4) is 0 Å². The molecule has 1 aliphatic carbocycles. The first-order valence-corrected chi connectivity index (χ1v) is 7.35. The van der Waals surface area contributed by atoms with Crippen molar-refractivity contribution in [3.8, 4) is 0 Å². The molecule has 0 amide bonds. The Hall–Kier alpha value is -1.12. The molecule has 1 rings (SSSR count). The Bertz CT molecular complexity index is 430. The van der Waals surface area contributed by atoms with E-state index in [-0.39, 0.29) is 23.3 Å². The highest BCUT2D eigenvalue weighted by molar-refractivity contribution is 5.82. The fraction of sp³-hybridized carbons (Fsp3) is 0.765. The normalized spacial score (nSPS) is 23.1. The van der Waals surface area contributed by atoms with Gasteiger partial charge in [-0.25, -0.2) is 0 Å². The van der Waals surface area contributed by atoms with Gasteiger partial charge in [0.2, 0.25) is 0 Å². The van der Waals surface area contributed by atoms with Gasteiger partial charge in [0.05, 0.1) is 5.41 Å². The SMILES string of the molecule is CC(=O)OC(C[C@H]1CC=C(C)C1(C)C)C(C)(C)C(C)=O. The summed E-state index contributed by atoms with van der Waals surface area (Å²) in [4.78, 5) is 23.3. The number of hydrogen-bond donors (Lipinski definition) is 0. The van der Waals surface area contributed by atoms with Crippen LogP contribution < -0.4 is 0 Å². The Balaban J connectivity index is 2.93. The van der Waals surface area contributed by atoms with Crippen molar-refractivity contribution in [2.45, 2.75) is 67.4 Å². The van der Waals surface area contributed by atoms with Crippen molar-refractivity contribution in [3.63, 3.8) is 0 Å². The number of ketones is 1. The van der Waals surface area contributed by atoms with E-state index in [1.54, 1.807) is 6.92 Å². The van der Waals surface area contributed by atoms with Crippen LogP contribution in [0.4, 0.5) is 0 Å². The van der Waals surface area contributed by atoms with Crippen molar-refractivity contribution in [3.05, 3.63) is 11.6 Å². The molecule has 0 fully saturated rings. The molecule has 0 bridgehead atoms. The number of carbonyl (C=O) groups excluding carboxylic acids is 2. The van der Waals surface area contributed by atoms with Gasteiger partial charge in [-0.2, -0.15) is 0 Å². The van der Waals surface area contributed by atoms with Crippen LogP contribution in [0.15, 0.2) is 11.6 Å². The second-order valence-corrected chi connectivity index (χ2v) is 7.15. The van der Waals surface area contributed by atoms with Crippen molar-refractivity contribution >= 4 is 11.8 Å². The van der Waals surface area contributed by atoms with Gasteiger partial charge in [-0.05, 0) is 51.9 Å². The van der Waals surface area contributed by atoms with Crippen molar-refractivity contribution in [1.29, 1.82) is 0 Å². The number of Topliss-reactive ketones (excluding diaryl/α,β-unsaturated/α-hetero) is 1. The predicted octanol–water partition coefficient (Wildman–Crippen LogP) is 3.92. The Morgan fingerprint density at radius 2 is 1.95 bits per heavy atom. The Kier molecular flexibility index (Phi) is 4.83. The Morgan fingerprint density at radius 1 is 1.40 bits per heavy atom. The first-order chi connectivity index (χ1) is 8.99. The molecule has 0 spiro atoms. The van der Waals surface area contributed by atoms with E-state index in [0.29, 0.717) is 5.92 Å². The third-order valence-electron chi connectivity index (χ3n) is 5.26. The molecule has 114 valence electrons. The van der Waals surface area contributed by atoms with Crippen molar-refractivity contribution in [2.75, 3.05) is 0 Å². The van der Waals surface area contributed by atoms with Crippen LogP contribution in [0.5, 0.6) is 0 Å². The standard InChI is InChI=1S/C17H28O3/c1-11-8-9-14(16(11,4)5)10-15(20-13(3)19)17(6,7)12(2)18/h8,14-15H,9-10H2,1-7H3/t14-,15?/m1/s1. The topological polar surface area (TPSA) is 43.4 Å². The van der Waals surface area contributed by atoms with E-state index in [1.165, 1.54) is 12.5 Å². The molecule has 20 heavy (non-hydrogen) atoms. The van der Waals surface area contributed by atoms with Crippen LogP contribution in [0, 0.1) is 16.7 Å². The molecule has 0 aliphatic heterocycles. The maximum absolute atomic E-state index is 11.9. The van der Waals surface area contributed by atoms with E-state index in [4.69, 9.17) is 4.74 Å². The molecule has 3 heteroatoms. The molecular weight excluding hydrogens is 252 g/mol. The lowest BCUT2D eigenvalue weighted by Gasteiger charge is -2.37. The maximum Gasteiger partial charge on any atom is 0.302 e. The lowest BCUT2D eigenvalue weighted by atomic mass is 9.71. The third kappa shape index (κ3) is 3.31. The summed E-state index contributed by atoms with van der Waals surface area (Å²) in [5, 5.41) is 0. The largest absolute Gasteiger partial charge is 0.462 e. The number of carbonyl (C=O) groups is 2. The first-order valence-electron chi connectivity index (χ1n) is 7.35. The van der Waals surface area contributed by atoms with Gasteiger partial charge in [0, 0.05) is 6.92 Å². The lowest BCUT2D eigenvalue weighted by Crippen LogP contribution is -2.41. The first kappa shape index (κ1) is 16.9. The van der Waals surface area contributed by atoms with Crippen LogP contribution in [0.2, 0.25) is 0 Å². The van der Waals surface area contributed by atoms with Gasteiger partial charge in [-0.15, -0.1) is 0 Å². The molecule has 3 nitrogen and oxygen atoms in total. The van der Waals surface area contributed by atoms with E-state index < -0.39 is 5.41 Å². The lowest BCUT2D eigenvalue weighted by molar-refractivity contribution is -0.157. The summed E-state index contributed by atoms with van der Waals surface area (Å²) >= 11 is 0. The monoisotopic (exact) mass is 280 g/mol. The van der Waals surface area contributed by atoms with E-state index in [9.17, 15) is 9.59 Å². The highest BCUT2D eigenvalue weighted by Crippen LogP contribution is 2.47. The van der Waals surface area contributed by atoms with E-state index in [0.717, 1.165) is 12.8 Å². The molecule has 0 radical (unpaired) electrons. The van der Waals surface area contributed by atoms with Crippen molar-refractivity contribution in [2.24, 2.45) is 16.7 Å². The van der Waals surface area contributed by atoms with Gasteiger partial charge in [-0.1, -0.05) is 25.5 Å². The zero-order chi connectivity index (χ0) is 15.7. The second kappa shape index (κ2) is 5.71. The minimum atomic E-state index is -0.641. The summed E-state index contributed by atoms with van der Waals surface area (Å²) < 4.78 is 5.48. The zero-order valence-electron chi connectivity index (χ0n) is 13.9. The smallest absolute Gasteiger partial charge is 0.302 e. The number of hydrogen-bond acceptors (Lipinski definition) is 3. The molecular formula is C17H28O3. The van der Waals surface area contributed by atoms with Gasteiger partial charge in [0.15, 0.2) is 0 Å². The van der Waals surface area contributed by atoms with Gasteiger partial charge in [0.1, 0.15) is 11.9 Å². The summed E-state index contributed by atoms with van der Waals surface area (Å²) in [6.45, 7) is 13.3. The second-order valence-electron chi connectivity index (χ2n) is 7.15. The summed E-state index contributed by atoms with van der Waals surface area (Å²) in [7, 11) is 0. The van der Waals surface area contributed by atoms with Crippen LogP contribution >= 0.6 is 0 Å². The number of allylic oxidation sites excluding steroid dienone is 2. The maximum atomic E-state index is 11.9. The Morgan fingerprint density at radius 3 is 2.30 bits per heavy atom. The number of rotatable bonds is 5. The summed E-state index contributed by atoms with van der Waals surface area (Å²) in [6.07, 6.45) is 3.62. The fourth-order valence-electron chi connectivity index (χ4n) is 2.77. The molecule has 0 saturated heterocycles. The average Bonchev–Trinajstić information content (AvgIpc) is 2.54. The van der Waals surface area contributed by atoms with Crippen molar-refractivity contribution in [1.82, 2.24) is 0 Å².